The van der Waals surface area contributed by atoms with Crippen molar-refractivity contribution in [2.24, 2.45) is 5.73 Å². The lowest BCUT2D eigenvalue weighted by Crippen LogP contribution is -2.70. The van der Waals surface area contributed by atoms with Gasteiger partial charge in [-0.1, -0.05) is 30.3 Å². The fourth-order valence-corrected chi connectivity index (χ4v) is 4.12. The van der Waals surface area contributed by atoms with Crippen molar-refractivity contribution in [1.29, 1.82) is 0 Å². The maximum atomic E-state index is 12.3. The molecular formula is C16H17N3O3S. The van der Waals surface area contributed by atoms with Crippen molar-refractivity contribution in [3.05, 3.63) is 47.2 Å². The van der Waals surface area contributed by atoms with Gasteiger partial charge in [0.2, 0.25) is 5.91 Å². The lowest BCUT2D eigenvalue weighted by Gasteiger charge is -2.49. The van der Waals surface area contributed by atoms with Gasteiger partial charge in [0, 0.05) is 5.75 Å². The number of nitrogens with one attached hydrogen (secondary N) is 1. The van der Waals surface area contributed by atoms with E-state index in [1.807, 2.05) is 30.3 Å². The van der Waals surface area contributed by atoms with Crippen molar-refractivity contribution in [2.75, 3.05) is 5.75 Å². The minimum Gasteiger partial charge on any atom is -0.364 e. The Morgan fingerprint density at radius 3 is 2.70 bits per heavy atom. The van der Waals surface area contributed by atoms with E-state index >= 15 is 0 Å². The Bertz CT molecular complexity index is 702. The summed E-state index contributed by atoms with van der Waals surface area (Å²) in [6, 6.07) is 8.74. The van der Waals surface area contributed by atoms with Gasteiger partial charge in [-0.3, -0.25) is 19.3 Å². The Kier molecular flexibility index (Phi) is 4.12. The number of β-lactam (4-membered cyclic amide) rings is 1. The number of amides is 3. The number of nitrogens with two attached hydrogens (primary N) is 1. The van der Waals surface area contributed by atoms with E-state index in [2.05, 4.69) is 5.32 Å². The van der Waals surface area contributed by atoms with Crippen LogP contribution in [0.3, 0.4) is 0 Å². The van der Waals surface area contributed by atoms with Gasteiger partial charge >= 0.3 is 0 Å². The first-order valence-corrected chi connectivity index (χ1v) is 8.31. The first-order valence-electron chi connectivity index (χ1n) is 7.26. The Labute approximate surface area is 138 Å². The number of hydrogen-bond acceptors (Lipinski definition) is 4. The molecule has 1 aromatic rings. The fourth-order valence-electron chi connectivity index (χ4n) is 2.82. The molecule has 2 heterocycles. The summed E-state index contributed by atoms with van der Waals surface area (Å²) >= 11 is 1.53. The van der Waals surface area contributed by atoms with E-state index in [1.165, 1.54) is 16.7 Å². The van der Waals surface area contributed by atoms with Crippen LogP contribution in [0.2, 0.25) is 0 Å². The summed E-state index contributed by atoms with van der Waals surface area (Å²) in [5, 5.41) is 2.51. The maximum absolute atomic E-state index is 12.3. The van der Waals surface area contributed by atoms with Gasteiger partial charge in [0.15, 0.2) is 0 Å². The number of carbonyl (C=O) groups excluding carboxylic acids is 3. The zero-order chi connectivity index (χ0) is 16.6. The van der Waals surface area contributed by atoms with Crippen molar-refractivity contribution in [3.63, 3.8) is 0 Å². The molecule has 6 nitrogen and oxygen atoms in total. The van der Waals surface area contributed by atoms with Crippen molar-refractivity contribution in [2.45, 2.75) is 24.8 Å². The number of rotatable bonds is 4. The largest absolute Gasteiger partial charge is 0.364 e. The summed E-state index contributed by atoms with van der Waals surface area (Å²) in [5.74, 6) is -0.466. The molecule has 0 aliphatic carbocycles. The van der Waals surface area contributed by atoms with E-state index in [1.54, 1.807) is 6.92 Å². The van der Waals surface area contributed by atoms with Crippen molar-refractivity contribution in [1.82, 2.24) is 10.2 Å². The summed E-state index contributed by atoms with van der Waals surface area (Å²) in [4.78, 5) is 37.4. The molecule has 1 fully saturated rings. The smallest absolute Gasteiger partial charge is 0.265 e. The number of primary amides is 1. The maximum Gasteiger partial charge on any atom is 0.265 e. The summed E-state index contributed by atoms with van der Waals surface area (Å²) in [7, 11) is 0. The molecule has 120 valence electrons. The van der Waals surface area contributed by atoms with Crippen LogP contribution in [-0.4, -0.2) is 39.8 Å². The van der Waals surface area contributed by atoms with Crippen molar-refractivity contribution in [3.8, 4) is 0 Å². The summed E-state index contributed by atoms with van der Waals surface area (Å²) in [5.41, 5.74) is 7.32. The molecule has 2 atom stereocenters. The molecule has 2 aliphatic heterocycles. The fraction of sp³-hybridized carbons (Fsp3) is 0.312. The van der Waals surface area contributed by atoms with Gasteiger partial charge in [-0.2, -0.15) is 0 Å². The molecule has 1 aromatic carbocycles. The van der Waals surface area contributed by atoms with Gasteiger partial charge in [-0.15, -0.1) is 11.8 Å². The van der Waals surface area contributed by atoms with Crippen LogP contribution in [0.25, 0.3) is 0 Å². The molecule has 1 saturated heterocycles. The van der Waals surface area contributed by atoms with E-state index in [0.29, 0.717) is 5.75 Å². The highest BCUT2D eigenvalue weighted by Crippen LogP contribution is 2.39. The summed E-state index contributed by atoms with van der Waals surface area (Å²) in [6.45, 7) is 1.79. The number of hydrogen-bond donors (Lipinski definition) is 2. The number of nitrogens with zero attached hydrogens (tertiary/aromatic N) is 1. The first kappa shape index (κ1) is 15.6. The van der Waals surface area contributed by atoms with E-state index in [-0.39, 0.29) is 29.3 Å². The van der Waals surface area contributed by atoms with Gasteiger partial charge in [0.05, 0.1) is 6.42 Å². The van der Waals surface area contributed by atoms with Crippen molar-refractivity contribution >= 4 is 29.5 Å². The minimum atomic E-state index is -0.602. The number of thioether (sulfide) groups is 1. The Morgan fingerprint density at radius 1 is 1.35 bits per heavy atom. The highest BCUT2D eigenvalue weighted by Gasteiger charge is 2.53. The average Bonchev–Trinajstić information content (AvgIpc) is 2.53. The molecule has 0 saturated carbocycles. The Balaban J connectivity index is 1.67. The van der Waals surface area contributed by atoms with E-state index in [4.69, 9.17) is 5.73 Å². The molecule has 2 unspecified atom stereocenters. The van der Waals surface area contributed by atoms with Crippen LogP contribution < -0.4 is 11.1 Å². The molecule has 3 rings (SSSR count). The van der Waals surface area contributed by atoms with E-state index < -0.39 is 11.9 Å². The first-order chi connectivity index (χ1) is 11.0. The summed E-state index contributed by atoms with van der Waals surface area (Å²) in [6.07, 6.45) is 0.222. The zero-order valence-electron chi connectivity index (χ0n) is 12.6. The number of carbonyl (C=O) groups is 3. The number of benzene rings is 1. The lowest BCUT2D eigenvalue weighted by atomic mass is 10.0. The average molecular weight is 331 g/mol. The molecule has 2 aliphatic rings. The molecule has 0 bridgehead atoms. The molecular weight excluding hydrogens is 314 g/mol. The normalized spacial score (nSPS) is 23.2. The van der Waals surface area contributed by atoms with E-state index in [9.17, 15) is 14.4 Å². The monoisotopic (exact) mass is 331 g/mol. The third kappa shape index (κ3) is 2.84. The molecule has 0 aromatic heterocycles. The van der Waals surface area contributed by atoms with Crippen LogP contribution in [0.4, 0.5) is 0 Å². The van der Waals surface area contributed by atoms with Gasteiger partial charge in [0.25, 0.3) is 11.8 Å². The molecule has 0 radical (unpaired) electrons. The molecule has 3 N–H and O–H groups in total. The topological polar surface area (TPSA) is 92.5 Å². The second-order valence-electron chi connectivity index (χ2n) is 5.61. The Morgan fingerprint density at radius 2 is 2.04 bits per heavy atom. The van der Waals surface area contributed by atoms with Gasteiger partial charge < -0.3 is 11.1 Å². The third-order valence-corrected chi connectivity index (χ3v) is 5.34. The second kappa shape index (κ2) is 6.08. The van der Waals surface area contributed by atoms with Gasteiger partial charge in [-0.25, -0.2) is 0 Å². The molecule has 7 heteroatoms. The third-order valence-electron chi connectivity index (χ3n) is 3.92. The van der Waals surface area contributed by atoms with Gasteiger partial charge in [0.1, 0.15) is 17.1 Å². The SMILES string of the molecule is CC1=C(C(N)=O)N2C(=O)C(NC(=O)Cc3ccccc3)C2SC1. The van der Waals surface area contributed by atoms with Crippen molar-refractivity contribution < 1.29 is 14.4 Å². The zero-order valence-corrected chi connectivity index (χ0v) is 13.4. The molecule has 3 amide bonds. The molecule has 0 spiro atoms. The standard InChI is InChI=1S/C16H17N3O3S/c1-9-8-23-16-12(15(22)19(16)13(9)14(17)21)18-11(20)7-10-5-3-2-4-6-10/h2-6,12,16H,7-8H2,1H3,(H2,17,21)(H,18,20). The van der Waals surface area contributed by atoms with Crippen LogP contribution in [0.5, 0.6) is 0 Å². The van der Waals surface area contributed by atoms with Crippen LogP contribution >= 0.6 is 11.8 Å². The lowest BCUT2D eigenvalue weighted by molar-refractivity contribution is -0.147. The highest BCUT2D eigenvalue weighted by atomic mass is 32.2. The minimum absolute atomic E-state index is 0.207. The Hall–Kier alpha value is -2.28. The van der Waals surface area contributed by atoms with Crippen LogP contribution in [0.1, 0.15) is 12.5 Å². The quantitative estimate of drug-likeness (QED) is 0.781. The van der Waals surface area contributed by atoms with Crippen LogP contribution in [0, 0.1) is 0 Å². The van der Waals surface area contributed by atoms with Gasteiger partial charge in [-0.05, 0) is 18.1 Å². The predicted octanol–water partition coefficient (Wildman–Crippen LogP) is 0.388. The number of fused-ring (bicyclic) bond motifs is 1. The molecule has 23 heavy (non-hydrogen) atoms. The second-order valence-corrected chi connectivity index (χ2v) is 6.72. The highest BCUT2D eigenvalue weighted by molar-refractivity contribution is 8.00. The summed E-state index contributed by atoms with van der Waals surface area (Å²) < 4.78 is 0. The predicted molar refractivity (Wildman–Crippen MR) is 87.1 cm³/mol. The van der Waals surface area contributed by atoms with E-state index in [0.717, 1.165) is 11.1 Å². The van der Waals surface area contributed by atoms with Crippen LogP contribution in [-0.2, 0) is 20.8 Å². The van der Waals surface area contributed by atoms with Crippen LogP contribution in [0.15, 0.2) is 41.6 Å².